The normalized spacial score (nSPS) is 15.2. The number of halogens is 2. The van der Waals surface area contributed by atoms with E-state index in [0.717, 1.165) is 17.9 Å². The van der Waals surface area contributed by atoms with Crippen LogP contribution >= 0.6 is 24.0 Å². The molecule has 1 aliphatic rings. The second-order valence-corrected chi connectivity index (χ2v) is 7.02. The molecule has 0 bridgehead atoms. The van der Waals surface area contributed by atoms with Gasteiger partial charge in [-0.3, -0.25) is 0 Å². The van der Waals surface area contributed by atoms with Crippen LogP contribution in [0.2, 0.25) is 5.02 Å². The van der Waals surface area contributed by atoms with E-state index in [4.69, 9.17) is 16.3 Å². The fraction of sp³-hybridized carbons (Fsp3) is 0.429. The molecule has 136 valence electrons. The molecule has 2 aromatic carbocycles. The number of nitrogens with one attached hydrogen (secondary N) is 1. The molecule has 25 heavy (non-hydrogen) atoms. The van der Waals surface area contributed by atoms with Crippen LogP contribution in [0.5, 0.6) is 5.75 Å². The lowest BCUT2D eigenvalue weighted by Crippen LogP contribution is -2.27. The second kappa shape index (κ2) is 10.7. The van der Waals surface area contributed by atoms with E-state index >= 15 is 0 Å². The summed E-state index contributed by atoms with van der Waals surface area (Å²) in [6.45, 7) is 1.42. The van der Waals surface area contributed by atoms with Crippen molar-refractivity contribution in [2.75, 3.05) is 0 Å². The highest BCUT2D eigenvalue weighted by Gasteiger charge is 2.12. The van der Waals surface area contributed by atoms with Gasteiger partial charge in [-0.1, -0.05) is 73.7 Å². The van der Waals surface area contributed by atoms with Crippen LogP contribution in [0.3, 0.4) is 0 Å². The predicted molar refractivity (Wildman–Crippen MR) is 108 cm³/mol. The molecule has 0 aliphatic heterocycles. The summed E-state index contributed by atoms with van der Waals surface area (Å²) >= 11 is 6.39. The molecule has 1 fully saturated rings. The fourth-order valence-corrected chi connectivity index (χ4v) is 3.51. The van der Waals surface area contributed by atoms with Gasteiger partial charge in [-0.15, -0.1) is 12.4 Å². The zero-order chi connectivity index (χ0) is 16.6. The van der Waals surface area contributed by atoms with Gasteiger partial charge >= 0.3 is 0 Å². The Morgan fingerprint density at radius 3 is 2.32 bits per heavy atom. The first-order chi connectivity index (χ1) is 11.8. The summed E-state index contributed by atoms with van der Waals surface area (Å²) in [5.41, 5.74) is 2.36. The van der Waals surface area contributed by atoms with Gasteiger partial charge in [0.25, 0.3) is 0 Å². The Hall–Kier alpha value is -1.22. The van der Waals surface area contributed by atoms with Gasteiger partial charge in [0, 0.05) is 12.6 Å². The van der Waals surface area contributed by atoms with Crippen LogP contribution < -0.4 is 10.1 Å². The number of hydrogen-bond donors (Lipinski definition) is 1. The Morgan fingerprint density at radius 2 is 1.64 bits per heavy atom. The Morgan fingerprint density at radius 1 is 0.920 bits per heavy atom. The van der Waals surface area contributed by atoms with E-state index in [-0.39, 0.29) is 12.4 Å². The topological polar surface area (TPSA) is 21.3 Å². The van der Waals surface area contributed by atoms with Gasteiger partial charge in [0.2, 0.25) is 0 Å². The minimum absolute atomic E-state index is 0. The molecule has 0 atom stereocenters. The van der Waals surface area contributed by atoms with Crippen molar-refractivity contribution in [1.29, 1.82) is 0 Å². The van der Waals surface area contributed by atoms with Gasteiger partial charge in [0.15, 0.2) is 0 Å². The minimum atomic E-state index is 0. The smallest absolute Gasteiger partial charge is 0.138 e. The molecule has 1 saturated carbocycles. The SMILES string of the molecule is Cl.Clc1cc(CNC2CCCCCC2)ccc1OCc1ccccc1. The Balaban J connectivity index is 0.00000225. The molecule has 0 saturated heterocycles. The molecule has 3 rings (SSSR count). The number of ether oxygens (including phenoxy) is 1. The minimum Gasteiger partial charge on any atom is -0.487 e. The molecule has 0 aromatic heterocycles. The van der Waals surface area contributed by atoms with Gasteiger partial charge in [-0.2, -0.15) is 0 Å². The molecule has 1 N–H and O–H groups in total. The number of rotatable bonds is 6. The summed E-state index contributed by atoms with van der Waals surface area (Å²) in [5.74, 6) is 0.749. The maximum absolute atomic E-state index is 6.39. The summed E-state index contributed by atoms with van der Waals surface area (Å²) in [4.78, 5) is 0. The molecule has 0 spiro atoms. The van der Waals surface area contributed by atoms with Crippen molar-refractivity contribution in [3.63, 3.8) is 0 Å². The van der Waals surface area contributed by atoms with Crippen LogP contribution in [0.15, 0.2) is 48.5 Å². The third-order valence-electron chi connectivity index (χ3n) is 4.68. The zero-order valence-electron chi connectivity index (χ0n) is 14.5. The average Bonchev–Trinajstić information content (AvgIpc) is 2.89. The molecule has 0 amide bonds. The van der Waals surface area contributed by atoms with E-state index in [1.165, 1.54) is 44.1 Å². The first-order valence-electron chi connectivity index (χ1n) is 9.00. The second-order valence-electron chi connectivity index (χ2n) is 6.61. The molecular weight excluding hydrogens is 353 g/mol. The summed E-state index contributed by atoms with van der Waals surface area (Å²) in [7, 11) is 0. The molecule has 0 radical (unpaired) electrons. The quantitative estimate of drug-likeness (QED) is 0.607. The monoisotopic (exact) mass is 379 g/mol. The van der Waals surface area contributed by atoms with Crippen LogP contribution in [0, 0.1) is 0 Å². The fourth-order valence-electron chi connectivity index (χ4n) is 3.25. The van der Waals surface area contributed by atoms with E-state index in [2.05, 4.69) is 23.5 Å². The highest BCUT2D eigenvalue weighted by atomic mass is 35.5. The standard InChI is InChI=1S/C21H26ClNO.ClH/c22-20-14-18(15-23-19-10-6-1-2-7-11-19)12-13-21(20)24-16-17-8-4-3-5-9-17;/h3-5,8-9,12-14,19,23H,1-2,6-7,10-11,15-16H2;1H. The third kappa shape index (κ3) is 6.54. The maximum Gasteiger partial charge on any atom is 0.138 e. The molecule has 0 heterocycles. The predicted octanol–water partition coefficient (Wildman–Crippen LogP) is 6.15. The number of benzene rings is 2. The molecule has 1 aliphatic carbocycles. The molecule has 0 unspecified atom stereocenters. The van der Waals surface area contributed by atoms with Crippen molar-refractivity contribution in [2.24, 2.45) is 0 Å². The first-order valence-corrected chi connectivity index (χ1v) is 9.37. The third-order valence-corrected chi connectivity index (χ3v) is 4.98. The van der Waals surface area contributed by atoms with Crippen molar-refractivity contribution >= 4 is 24.0 Å². The van der Waals surface area contributed by atoms with Crippen molar-refractivity contribution in [2.45, 2.75) is 57.7 Å². The van der Waals surface area contributed by atoms with Crippen molar-refractivity contribution in [3.8, 4) is 5.75 Å². The van der Waals surface area contributed by atoms with Crippen molar-refractivity contribution in [1.82, 2.24) is 5.32 Å². The summed E-state index contributed by atoms with van der Waals surface area (Å²) in [5, 5.41) is 4.37. The average molecular weight is 380 g/mol. The summed E-state index contributed by atoms with van der Waals surface area (Å²) in [6, 6.07) is 16.9. The van der Waals surface area contributed by atoms with Gasteiger partial charge in [-0.05, 0) is 36.1 Å². The van der Waals surface area contributed by atoms with Crippen LogP contribution in [0.1, 0.15) is 49.7 Å². The summed E-state index contributed by atoms with van der Waals surface area (Å²) in [6.07, 6.45) is 8.07. The Labute approximate surface area is 162 Å². The van der Waals surface area contributed by atoms with Gasteiger partial charge in [0.05, 0.1) is 5.02 Å². The highest BCUT2D eigenvalue weighted by Crippen LogP contribution is 2.26. The lowest BCUT2D eigenvalue weighted by molar-refractivity contribution is 0.306. The van der Waals surface area contributed by atoms with Crippen molar-refractivity contribution in [3.05, 3.63) is 64.7 Å². The van der Waals surface area contributed by atoms with E-state index in [1.54, 1.807) is 0 Å². The van der Waals surface area contributed by atoms with Gasteiger partial charge < -0.3 is 10.1 Å². The van der Waals surface area contributed by atoms with E-state index in [1.807, 2.05) is 30.3 Å². The van der Waals surface area contributed by atoms with Gasteiger partial charge in [0.1, 0.15) is 12.4 Å². The molecule has 4 heteroatoms. The largest absolute Gasteiger partial charge is 0.487 e. The Kier molecular flexibility index (Phi) is 8.60. The zero-order valence-corrected chi connectivity index (χ0v) is 16.1. The van der Waals surface area contributed by atoms with Crippen LogP contribution in [0.25, 0.3) is 0 Å². The first kappa shape index (κ1) is 20.1. The molecule has 2 nitrogen and oxygen atoms in total. The van der Waals surface area contributed by atoms with Crippen LogP contribution in [-0.4, -0.2) is 6.04 Å². The lowest BCUT2D eigenvalue weighted by atomic mass is 10.1. The molecular formula is C21H27Cl2NO. The Bertz CT molecular complexity index is 625. The lowest BCUT2D eigenvalue weighted by Gasteiger charge is -2.16. The van der Waals surface area contributed by atoms with Crippen LogP contribution in [0.4, 0.5) is 0 Å². The van der Waals surface area contributed by atoms with E-state index < -0.39 is 0 Å². The summed E-state index contributed by atoms with van der Waals surface area (Å²) < 4.78 is 5.84. The number of hydrogen-bond acceptors (Lipinski definition) is 2. The van der Waals surface area contributed by atoms with E-state index in [9.17, 15) is 0 Å². The van der Waals surface area contributed by atoms with Gasteiger partial charge in [-0.25, -0.2) is 0 Å². The molecule has 2 aromatic rings. The highest BCUT2D eigenvalue weighted by molar-refractivity contribution is 6.32. The van der Waals surface area contributed by atoms with Crippen molar-refractivity contribution < 1.29 is 4.74 Å². The van der Waals surface area contributed by atoms with Crippen LogP contribution in [-0.2, 0) is 13.2 Å². The van der Waals surface area contributed by atoms with E-state index in [0.29, 0.717) is 17.7 Å². The maximum atomic E-state index is 6.39.